The quantitative estimate of drug-likeness (QED) is 0.434. The minimum Gasteiger partial charge on any atom is -0.478 e. The van der Waals surface area contributed by atoms with E-state index in [0.29, 0.717) is 10.0 Å². The molecule has 2 heterocycles. The minimum absolute atomic E-state index is 0.236. The SMILES string of the molecule is O=C(O)c1ccc(-c2nc(Sc3c(Cl)cccc3Cl)n3ccccc23)cc1. The van der Waals surface area contributed by atoms with Gasteiger partial charge in [-0.25, -0.2) is 9.78 Å². The Morgan fingerprint density at radius 1 is 0.963 bits per heavy atom. The Morgan fingerprint density at radius 3 is 2.33 bits per heavy atom. The number of carboxylic acids is 1. The fourth-order valence-corrected chi connectivity index (χ4v) is 4.27. The largest absolute Gasteiger partial charge is 0.478 e. The van der Waals surface area contributed by atoms with Gasteiger partial charge in [0.15, 0.2) is 5.16 Å². The van der Waals surface area contributed by atoms with Crippen LogP contribution in [0.4, 0.5) is 0 Å². The zero-order valence-electron chi connectivity index (χ0n) is 13.8. The summed E-state index contributed by atoms with van der Waals surface area (Å²) in [5.41, 5.74) is 2.74. The summed E-state index contributed by atoms with van der Waals surface area (Å²) in [7, 11) is 0. The smallest absolute Gasteiger partial charge is 0.335 e. The van der Waals surface area contributed by atoms with Crippen LogP contribution in [0, 0.1) is 0 Å². The molecule has 0 fully saturated rings. The van der Waals surface area contributed by atoms with Crippen molar-refractivity contribution in [1.29, 1.82) is 0 Å². The first-order valence-corrected chi connectivity index (χ1v) is 9.54. The van der Waals surface area contributed by atoms with Crippen molar-refractivity contribution in [2.75, 3.05) is 0 Å². The van der Waals surface area contributed by atoms with Gasteiger partial charge in [-0.2, -0.15) is 0 Å². The van der Waals surface area contributed by atoms with Crippen LogP contribution in [0.2, 0.25) is 10.0 Å². The highest BCUT2D eigenvalue weighted by Crippen LogP contribution is 2.39. The van der Waals surface area contributed by atoms with Gasteiger partial charge in [-0.1, -0.05) is 47.5 Å². The van der Waals surface area contributed by atoms with Gasteiger partial charge in [0.1, 0.15) is 0 Å². The number of aromatic nitrogens is 2. The third kappa shape index (κ3) is 3.41. The van der Waals surface area contributed by atoms with Crippen LogP contribution < -0.4 is 0 Å². The second-order valence-corrected chi connectivity index (χ2v) is 7.53. The summed E-state index contributed by atoms with van der Waals surface area (Å²) in [6.45, 7) is 0. The first-order chi connectivity index (χ1) is 13.0. The molecule has 0 spiro atoms. The van der Waals surface area contributed by atoms with Gasteiger partial charge in [-0.05, 0) is 48.2 Å². The molecule has 2 aromatic heterocycles. The van der Waals surface area contributed by atoms with Crippen molar-refractivity contribution in [3.05, 3.63) is 82.5 Å². The highest BCUT2D eigenvalue weighted by Gasteiger charge is 2.16. The Balaban J connectivity index is 1.83. The van der Waals surface area contributed by atoms with Crippen molar-refractivity contribution in [2.24, 2.45) is 0 Å². The van der Waals surface area contributed by atoms with Crippen LogP contribution in [-0.4, -0.2) is 20.5 Å². The molecule has 4 nitrogen and oxygen atoms in total. The van der Waals surface area contributed by atoms with E-state index < -0.39 is 5.97 Å². The fraction of sp³-hybridized carbons (Fsp3) is 0. The molecule has 0 radical (unpaired) electrons. The van der Waals surface area contributed by atoms with Crippen LogP contribution in [0.3, 0.4) is 0 Å². The van der Waals surface area contributed by atoms with Crippen molar-refractivity contribution in [3.63, 3.8) is 0 Å². The molecule has 0 atom stereocenters. The van der Waals surface area contributed by atoms with E-state index in [1.54, 1.807) is 42.5 Å². The molecule has 0 saturated carbocycles. The average molecular weight is 415 g/mol. The zero-order chi connectivity index (χ0) is 19.0. The van der Waals surface area contributed by atoms with E-state index in [1.165, 1.54) is 11.8 Å². The molecule has 0 aliphatic rings. The Hall–Kier alpha value is -2.47. The van der Waals surface area contributed by atoms with E-state index in [4.69, 9.17) is 33.3 Å². The topological polar surface area (TPSA) is 54.6 Å². The van der Waals surface area contributed by atoms with Gasteiger partial charge >= 0.3 is 5.97 Å². The number of halogens is 2. The number of carbonyl (C=O) groups is 1. The van der Waals surface area contributed by atoms with Crippen LogP contribution >= 0.6 is 35.0 Å². The molecule has 2 aromatic carbocycles. The molecule has 134 valence electrons. The van der Waals surface area contributed by atoms with Gasteiger partial charge in [-0.15, -0.1) is 0 Å². The lowest BCUT2D eigenvalue weighted by Crippen LogP contribution is -1.95. The summed E-state index contributed by atoms with van der Waals surface area (Å²) in [5.74, 6) is -0.958. The third-order valence-corrected chi connectivity index (χ3v) is 6.00. The predicted octanol–water partition coefficient (Wildman–Crippen LogP) is 6.16. The van der Waals surface area contributed by atoms with E-state index >= 15 is 0 Å². The van der Waals surface area contributed by atoms with E-state index in [9.17, 15) is 4.79 Å². The van der Waals surface area contributed by atoms with Crippen LogP contribution in [-0.2, 0) is 0 Å². The van der Waals surface area contributed by atoms with Gasteiger partial charge < -0.3 is 5.11 Å². The average Bonchev–Trinajstić information content (AvgIpc) is 3.04. The van der Waals surface area contributed by atoms with Crippen molar-refractivity contribution in [3.8, 4) is 11.3 Å². The minimum atomic E-state index is -0.958. The second kappa shape index (κ2) is 7.27. The summed E-state index contributed by atoms with van der Waals surface area (Å²) < 4.78 is 1.96. The number of benzene rings is 2. The Bertz CT molecular complexity index is 1140. The maximum atomic E-state index is 11.1. The van der Waals surface area contributed by atoms with E-state index in [1.807, 2.05) is 28.8 Å². The number of rotatable bonds is 4. The Kier molecular flexibility index (Phi) is 4.83. The second-order valence-electron chi connectivity index (χ2n) is 5.73. The van der Waals surface area contributed by atoms with Gasteiger partial charge in [0.25, 0.3) is 0 Å². The number of pyridine rings is 1. The molecule has 27 heavy (non-hydrogen) atoms. The van der Waals surface area contributed by atoms with E-state index in [2.05, 4.69) is 0 Å². The molecule has 0 amide bonds. The van der Waals surface area contributed by atoms with Crippen molar-refractivity contribution < 1.29 is 9.90 Å². The van der Waals surface area contributed by atoms with Crippen LogP contribution in [0.15, 0.2) is 76.9 Å². The summed E-state index contributed by atoms with van der Waals surface area (Å²) in [6, 6.07) is 17.9. The lowest BCUT2D eigenvalue weighted by molar-refractivity contribution is 0.0697. The molecular weight excluding hydrogens is 403 g/mol. The molecular formula is C20H12Cl2N2O2S. The van der Waals surface area contributed by atoms with Gasteiger partial charge in [0, 0.05) is 11.8 Å². The Labute approximate surface area is 169 Å². The molecule has 7 heteroatoms. The number of imidazole rings is 1. The summed E-state index contributed by atoms with van der Waals surface area (Å²) in [6.07, 6.45) is 1.92. The van der Waals surface area contributed by atoms with Gasteiger partial charge in [-0.3, -0.25) is 4.40 Å². The first-order valence-electron chi connectivity index (χ1n) is 7.97. The monoisotopic (exact) mass is 414 g/mol. The van der Waals surface area contributed by atoms with Crippen molar-refractivity contribution in [2.45, 2.75) is 10.1 Å². The summed E-state index contributed by atoms with van der Waals surface area (Å²) in [4.78, 5) is 16.6. The molecule has 4 rings (SSSR count). The number of hydrogen-bond acceptors (Lipinski definition) is 3. The summed E-state index contributed by atoms with van der Waals surface area (Å²) in [5, 5.41) is 10.9. The molecule has 0 saturated heterocycles. The maximum absolute atomic E-state index is 11.1. The number of aromatic carboxylic acids is 1. The van der Waals surface area contributed by atoms with Crippen LogP contribution in [0.25, 0.3) is 16.8 Å². The van der Waals surface area contributed by atoms with Crippen molar-refractivity contribution >= 4 is 46.4 Å². The van der Waals surface area contributed by atoms with Gasteiger partial charge in [0.2, 0.25) is 0 Å². The number of fused-ring (bicyclic) bond motifs is 1. The normalized spacial score (nSPS) is 11.0. The first kappa shape index (κ1) is 17.9. The zero-order valence-corrected chi connectivity index (χ0v) is 16.1. The molecule has 0 aliphatic carbocycles. The number of hydrogen-bond donors (Lipinski definition) is 1. The summed E-state index contributed by atoms with van der Waals surface area (Å²) >= 11 is 14.0. The van der Waals surface area contributed by atoms with E-state index in [0.717, 1.165) is 26.8 Å². The molecule has 4 aromatic rings. The number of carboxylic acid groups (broad SMARTS) is 1. The van der Waals surface area contributed by atoms with Crippen molar-refractivity contribution in [1.82, 2.24) is 9.38 Å². The van der Waals surface area contributed by atoms with Crippen LogP contribution in [0.1, 0.15) is 10.4 Å². The van der Waals surface area contributed by atoms with E-state index in [-0.39, 0.29) is 5.56 Å². The highest BCUT2D eigenvalue weighted by atomic mass is 35.5. The Morgan fingerprint density at radius 2 is 1.67 bits per heavy atom. The molecule has 1 N–H and O–H groups in total. The predicted molar refractivity (Wildman–Crippen MR) is 108 cm³/mol. The van der Waals surface area contributed by atoms with Gasteiger partial charge in [0.05, 0.1) is 31.7 Å². The lowest BCUT2D eigenvalue weighted by atomic mass is 10.1. The fourth-order valence-electron chi connectivity index (χ4n) is 2.74. The highest BCUT2D eigenvalue weighted by molar-refractivity contribution is 7.99. The number of nitrogens with zero attached hydrogens (tertiary/aromatic N) is 2. The molecule has 0 unspecified atom stereocenters. The third-order valence-electron chi connectivity index (χ3n) is 4.03. The lowest BCUT2D eigenvalue weighted by Gasteiger charge is -2.05. The van der Waals surface area contributed by atoms with Crippen LogP contribution in [0.5, 0.6) is 0 Å². The molecule has 0 bridgehead atoms. The maximum Gasteiger partial charge on any atom is 0.335 e. The molecule has 0 aliphatic heterocycles. The standard InChI is InChI=1S/C20H12Cl2N2O2S/c21-14-4-3-5-15(22)18(14)27-20-23-17(16-6-1-2-11-24(16)20)12-7-9-13(10-8-12)19(25)26/h1-11H,(H,25,26).